The SMILES string of the molecule is CCNC(=NCC1(c2ccc3c(c2)OCCO3)CCCC1)N1CCOC(C2CCCO2)C1.I. The Labute approximate surface area is 214 Å². The lowest BCUT2D eigenvalue weighted by Gasteiger charge is -2.37. The second kappa shape index (κ2) is 11.4. The molecule has 0 spiro atoms. The number of aliphatic imine (C=N–C) groups is 1. The fourth-order valence-corrected chi connectivity index (χ4v) is 5.60. The predicted octanol–water partition coefficient (Wildman–Crippen LogP) is 3.73. The van der Waals surface area contributed by atoms with Gasteiger partial charge >= 0.3 is 0 Å². The van der Waals surface area contributed by atoms with Crippen molar-refractivity contribution >= 4 is 29.9 Å². The molecule has 184 valence electrons. The molecule has 1 aliphatic carbocycles. The number of rotatable bonds is 5. The lowest BCUT2D eigenvalue weighted by molar-refractivity contribution is -0.0817. The third-order valence-corrected chi connectivity index (χ3v) is 7.35. The van der Waals surface area contributed by atoms with Crippen molar-refractivity contribution in [1.29, 1.82) is 0 Å². The van der Waals surface area contributed by atoms with Gasteiger partial charge in [0.1, 0.15) is 19.3 Å². The molecule has 1 saturated carbocycles. The molecule has 3 aliphatic heterocycles. The maximum atomic E-state index is 6.07. The number of nitrogens with zero attached hydrogens (tertiary/aromatic N) is 2. The van der Waals surface area contributed by atoms with E-state index < -0.39 is 0 Å². The van der Waals surface area contributed by atoms with Gasteiger partial charge in [0.15, 0.2) is 17.5 Å². The molecule has 5 rings (SSSR count). The Hall–Kier alpha value is -1.26. The number of ether oxygens (including phenoxy) is 4. The molecule has 2 atom stereocenters. The van der Waals surface area contributed by atoms with E-state index in [1.807, 2.05) is 0 Å². The first-order valence-corrected chi connectivity index (χ1v) is 12.4. The van der Waals surface area contributed by atoms with Gasteiger partial charge in [-0.1, -0.05) is 18.9 Å². The highest BCUT2D eigenvalue weighted by Crippen LogP contribution is 2.44. The van der Waals surface area contributed by atoms with Gasteiger partial charge < -0.3 is 29.2 Å². The Morgan fingerprint density at radius 2 is 1.82 bits per heavy atom. The molecule has 4 aliphatic rings. The second-order valence-corrected chi connectivity index (χ2v) is 9.42. The molecule has 0 radical (unpaired) electrons. The largest absolute Gasteiger partial charge is 0.486 e. The topological polar surface area (TPSA) is 64.6 Å². The summed E-state index contributed by atoms with van der Waals surface area (Å²) in [7, 11) is 0. The summed E-state index contributed by atoms with van der Waals surface area (Å²) < 4.78 is 23.6. The van der Waals surface area contributed by atoms with Crippen LogP contribution in [0.4, 0.5) is 0 Å². The smallest absolute Gasteiger partial charge is 0.194 e. The van der Waals surface area contributed by atoms with Crippen LogP contribution in [0, 0.1) is 0 Å². The van der Waals surface area contributed by atoms with E-state index in [2.05, 4.69) is 35.3 Å². The minimum Gasteiger partial charge on any atom is -0.486 e. The third kappa shape index (κ3) is 5.53. The lowest BCUT2D eigenvalue weighted by Crippen LogP contribution is -2.53. The Balaban J connectivity index is 0.00000259. The average Bonchev–Trinajstić information content (AvgIpc) is 3.55. The van der Waals surface area contributed by atoms with E-state index in [-0.39, 0.29) is 41.6 Å². The van der Waals surface area contributed by atoms with Gasteiger partial charge in [-0.15, -0.1) is 24.0 Å². The number of benzene rings is 1. The highest BCUT2D eigenvalue weighted by atomic mass is 127. The third-order valence-electron chi connectivity index (χ3n) is 7.35. The number of morpholine rings is 1. The molecular formula is C25H38IN3O4. The van der Waals surface area contributed by atoms with E-state index in [0.29, 0.717) is 13.2 Å². The Kier molecular flexibility index (Phi) is 8.62. The van der Waals surface area contributed by atoms with Crippen LogP contribution in [0.1, 0.15) is 51.0 Å². The quantitative estimate of drug-likeness (QED) is 0.330. The van der Waals surface area contributed by atoms with Crippen LogP contribution >= 0.6 is 24.0 Å². The van der Waals surface area contributed by atoms with Crippen molar-refractivity contribution < 1.29 is 18.9 Å². The molecule has 2 unspecified atom stereocenters. The maximum Gasteiger partial charge on any atom is 0.194 e. The normalized spacial score (nSPS) is 26.7. The molecule has 1 aromatic carbocycles. The van der Waals surface area contributed by atoms with Crippen LogP contribution in [0.2, 0.25) is 0 Å². The number of hydrogen-bond acceptors (Lipinski definition) is 5. The van der Waals surface area contributed by atoms with Crippen molar-refractivity contribution in [2.45, 2.75) is 63.1 Å². The van der Waals surface area contributed by atoms with Gasteiger partial charge in [0.25, 0.3) is 0 Å². The fourth-order valence-electron chi connectivity index (χ4n) is 5.60. The first kappa shape index (κ1) is 24.9. The molecule has 1 aromatic rings. The summed E-state index contributed by atoms with van der Waals surface area (Å²) in [5.41, 5.74) is 1.40. The average molecular weight is 572 g/mol. The van der Waals surface area contributed by atoms with Crippen LogP contribution in [0.5, 0.6) is 11.5 Å². The summed E-state index contributed by atoms with van der Waals surface area (Å²) >= 11 is 0. The molecule has 0 bridgehead atoms. The first-order chi connectivity index (χ1) is 15.8. The molecule has 7 nitrogen and oxygen atoms in total. The number of nitrogens with one attached hydrogen (secondary N) is 1. The van der Waals surface area contributed by atoms with E-state index in [4.69, 9.17) is 23.9 Å². The maximum absolute atomic E-state index is 6.07. The van der Waals surface area contributed by atoms with E-state index in [1.54, 1.807) is 0 Å². The van der Waals surface area contributed by atoms with Crippen LogP contribution < -0.4 is 14.8 Å². The van der Waals surface area contributed by atoms with Crippen molar-refractivity contribution in [2.75, 3.05) is 52.6 Å². The van der Waals surface area contributed by atoms with E-state index >= 15 is 0 Å². The van der Waals surface area contributed by atoms with E-state index in [9.17, 15) is 0 Å². The molecular weight excluding hydrogens is 533 g/mol. The van der Waals surface area contributed by atoms with Crippen molar-refractivity contribution in [1.82, 2.24) is 10.2 Å². The fraction of sp³-hybridized carbons (Fsp3) is 0.720. The van der Waals surface area contributed by atoms with Crippen molar-refractivity contribution in [3.63, 3.8) is 0 Å². The van der Waals surface area contributed by atoms with Gasteiger partial charge in [-0.2, -0.15) is 0 Å². The highest BCUT2D eigenvalue weighted by molar-refractivity contribution is 14.0. The van der Waals surface area contributed by atoms with Crippen LogP contribution in [0.15, 0.2) is 23.2 Å². The van der Waals surface area contributed by atoms with Gasteiger partial charge in [0, 0.05) is 31.7 Å². The van der Waals surface area contributed by atoms with E-state index in [1.165, 1.54) is 18.4 Å². The predicted molar refractivity (Wildman–Crippen MR) is 139 cm³/mol. The molecule has 0 amide bonds. The standard InChI is InChI=1S/C25H37N3O4.HI/c1-2-26-24(28-11-13-30-23(17-28)20-6-5-12-29-20)27-18-25(9-3-4-10-25)19-7-8-21-22(16-19)32-15-14-31-21;/h7-8,16,20,23H,2-6,9-15,17-18H2,1H3,(H,26,27);1H. The van der Waals surface area contributed by atoms with Crippen molar-refractivity contribution in [2.24, 2.45) is 4.99 Å². The number of halogens is 1. The zero-order valence-electron chi connectivity index (χ0n) is 19.7. The van der Waals surface area contributed by atoms with Crippen LogP contribution in [0.3, 0.4) is 0 Å². The number of hydrogen-bond donors (Lipinski definition) is 1. The summed E-state index contributed by atoms with van der Waals surface area (Å²) in [6.07, 6.45) is 7.41. The minimum atomic E-state index is 0. The zero-order valence-corrected chi connectivity index (χ0v) is 22.1. The molecule has 2 saturated heterocycles. The Bertz CT molecular complexity index is 809. The molecule has 0 aromatic heterocycles. The first-order valence-electron chi connectivity index (χ1n) is 12.4. The molecule has 33 heavy (non-hydrogen) atoms. The Morgan fingerprint density at radius 1 is 1.03 bits per heavy atom. The van der Waals surface area contributed by atoms with E-state index in [0.717, 1.165) is 82.5 Å². The highest BCUT2D eigenvalue weighted by Gasteiger charge is 2.37. The van der Waals surface area contributed by atoms with Gasteiger partial charge in [-0.05, 0) is 50.3 Å². The summed E-state index contributed by atoms with van der Waals surface area (Å²) in [5, 5.41) is 3.54. The summed E-state index contributed by atoms with van der Waals surface area (Å²) in [6.45, 7) is 8.32. The molecule has 1 N–H and O–H groups in total. The molecule has 3 heterocycles. The van der Waals surface area contributed by atoms with Gasteiger partial charge in [0.05, 0.1) is 19.3 Å². The van der Waals surface area contributed by atoms with Crippen LogP contribution in [-0.4, -0.2) is 75.7 Å². The summed E-state index contributed by atoms with van der Waals surface area (Å²) in [5.74, 6) is 2.74. The van der Waals surface area contributed by atoms with Crippen molar-refractivity contribution in [3.8, 4) is 11.5 Å². The molecule has 8 heteroatoms. The van der Waals surface area contributed by atoms with Crippen LogP contribution in [0.25, 0.3) is 0 Å². The Morgan fingerprint density at radius 3 is 2.58 bits per heavy atom. The number of fused-ring (bicyclic) bond motifs is 1. The minimum absolute atomic E-state index is 0. The summed E-state index contributed by atoms with van der Waals surface area (Å²) in [4.78, 5) is 7.57. The second-order valence-electron chi connectivity index (χ2n) is 9.42. The van der Waals surface area contributed by atoms with Crippen LogP contribution in [-0.2, 0) is 14.9 Å². The summed E-state index contributed by atoms with van der Waals surface area (Å²) in [6, 6.07) is 6.50. The molecule has 3 fully saturated rings. The lowest BCUT2D eigenvalue weighted by atomic mass is 9.79. The number of guanidine groups is 1. The van der Waals surface area contributed by atoms with Crippen molar-refractivity contribution in [3.05, 3.63) is 23.8 Å². The monoisotopic (exact) mass is 571 g/mol. The zero-order chi connectivity index (χ0) is 21.8. The van der Waals surface area contributed by atoms with Gasteiger partial charge in [0.2, 0.25) is 0 Å². The van der Waals surface area contributed by atoms with Gasteiger partial charge in [-0.25, -0.2) is 0 Å². The van der Waals surface area contributed by atoms with Gasteiger partial charge in [-0.3, -0.25) is 4.99 Å².